The molecule has 1 aromatic heterocycles. The third-order valence-electron chi connectivity index (χ3n) is 5.84. The predicted molar refractivity (Wildman–Crippen MR) is 91.4 cm³/mol. The normalized spacial score (nSPS) is 21.6. The quantitative estimate of drug-likeness (QED) is 0.932. The summed E-state index contributed by atoms with van der Waals surface area (Å²) in [5, 5.41) is 6.70. The van der Waals surface area contributed by atoms with Crippen molar-refractivity contribution >= 4 is 0 Å². The Hall–Kier alpha value is -1.72. The summed E-state index contributed by atoms with van der Waals surface area (Å²) in [6.07, 6.45) is 6.68. The first-order valence-corrected chi connectivity index (χ1v) is 8.83. The topological polar surface area (TPSA) is 41.2 Å². The molecule has 4 rings (SSSR count). The van der Waals surface area contributed by atoms with Crippen LogP contribution in [0.5, 0.6) is 0 Å². The molecule has 2 aliphatic rings. The van der Waals surface area contributed by atoms with Crippen LogP contribution in [0.3, 0.4) is 0 Å². The molecule has 1 aromatic carbocycles. The van der Waals surface area contributed by atoms with E-state index in [0.717, 1.165) is 62.3 Å². The standard InChI is InChI=1S/C19H24FN3O/c1-2-19(12-24-13-19)23-7-5-14(6-8-23)17-4-3-15(9-18(17)20)16-10-21-22-11-16/h3-4,9-11,14H,2,5-8,12-13H2,1H3,(H,21,22). The highest BCUT2D eigenvalue weighted by molar-refractivity contribution is 5.62. The van der Waals surface area contributed by atoms with E-state index in [-0.39, 0.29) is 11.4 Å². The summed E-state index contributed by atoms with van der Waals surface area (Å²) in [7, 11) is 0. The van der Waals surface area contributed by atoms with Crippen LogP contribution < -0.4 is 0 Å². The van der Waals surface area contributed by atoms with Gasteiger partial charge in [-0.05, 0) is 55.5 Å². The Morgan fingerprint density at radius 2 is 2.08 bits per heavy atom. The van der Waals surface area contributed by atoms with Crippen molar-refractivity contribution in [2.45, 2.75) is 37.6 Å². The highest BCUT2D eigenvalue weighted by Gasteiger charge is 2.43. The van der Waals surface area contributed by atoms with Gasteiger partial charge in [-0.1, -0.05) is 19.1 Å². The lowest BCUT2D eigenvalue weighted by Gasteiger charge is -2.51. The van der Waals surface area contributed by atoms with Crippen LogP contribution in [0.1, 0.15) is 37.7 Å². The van der Waals surface area contributed by atoms with Crippen LogP contribution in [0.25, 0.3) is 11.1 Å². The minimum absolute atomic E-state index is 0.0932. The van der Waals surface area contributed by atoms with E-state index in [4.69, 9.17) is 4.74 Å². The monoisotopic (exact) mass is 329 g/mol. The van der Waals surface area contributed by atoms with E-state index >= 15 is 0 Å². The first kappa shape index (κ1) is 15.8. The average Bonchev–Trinajstić information content (AvgIpc) is 3.10. The van der Waals surface area contributed by atoms with E-state index in [2.05, 4.69) is 22.0 Å². The molecule has 0 saturated carbocycles. The summed E-state index contributed by atoms with van der Waals surface area (Å²) in [5.74, 6) is 0.221. The first-order chi connectivity index (χ1) is 11.7. The van der Waals surface area contributed by atoms with Crippen molar-refractivity contribution in [3.05, 3.63) is 42.0 Å². The fourth-order valence-corrected chi connectivity index (χ4v) is 4.06. The number of benzene rings is 1. The van der Waals surface area contributed by atoms with E-state index in [9.17, 15) is 4.39 Å². The Morgan fingerprint density at radius 3 is 2.62 bits per heavy atom. The second kappa shape index (κ2) is 6.30. The minimum atomic E-state index is -0.0932. The maximum Gasteiger partial charge on any atom is 0.127 e. The highest BCUT2D eigenvalue weighted by Crippen LogP contribution is 2.37. The van der Waals surface area contributed by atoms with Crippen LogP contribution in [0.2, 0.25) is 0 Å². The lowest BCUT2D eigenvalue weighted by molar-refractivity contribution is -0.148. The highest BCUT2D eigenvalue weighted by atomic mass is 19.1. The zero-order valence-corrected chi connectivity index (χ0v) is 14.1. The van der Waals surface area contributed by atoms with Gasteiger partial charge in [0.15, 0.2) is 0 Å². The number of hydrogen-bond acceptors (Lipinski definition) is 3. The number of nitrogens with one attached hydrogen (secondary N) is 1. The van der Waals surface area contributed by atoms with Crippen molar-refractivity contribution in [1.82, 2.24) is 15.1 Å². The van der Waals surface area contributed by atoms with E-state index in [1.165, 1.54) is 0 Å². The number of ether oxygens (including phenoxy) is 1. The number of hydrogen-bond donors (Lipinski definition) is 1. The summed E-state index contributed by atoms with van der Waals surface area (Å²) in [6, 6.07) is 5.60. The number of rotatable bonds is 4. The van der Waals surface area contributed by atoms with Crippen molar-refractivity contribution in [2.75, 3.05) is 26.3 Å². The Kier molecular flexibility index (Phi) is 4.14. The summed E-state index contributed by atoms with van der Waals surface area (Å²) < 4.78 is 20.1. The molecule has 4 nitrogen and oxygen atoms in total. The van der Waals surface area contributed by atoms with Crippen LogP contribution >= 0.6 is 0 Å². The Labute approximate surface area is 142 Å². The molecule has 2 aromatic rings. The van der Waals surface area contributed by atoms with Gasteiger partial charge in [-0.15, -0.1) is 0 Å². The van der Waals surface area contributed by atoms with Crippen LogP contribution in [0.15, 0.2) is 30.6 Å². The summed E-state index contributed by atoms with van der Waals surface area (Å²) in [4.78, 5) is 2.56. The van der Waals surface area contributed by atoms with Crippen molar-refractivity contribution in [2.24, 2.45) is 0 Å². The van der Waals surface area contributed by atoms with Crippen molar-refractivity contribution < 1.29 is 9.13 Å². The second-order valence-electron chi connectivity index (χ2n) is 7.06. The molecule has 0 amide bonds. The lowest BCUT2D eigenvalue weighted by Crippen LogP contribution is -2.63. The molecule has 0 radical (unpaired) electrons. The largest absolute Gasteiger partial charge is 0.377 e. The van der Waals surface area contributed by atoms with Gasteiger partial charge < -0.3 is 4.74 Å². The van der Waals surface area contributed by atoms with Crippen LogP contribution in [-0.4, -0.2) is 46.9 Å². The van der Waals surface area contributed by atoms with E-state index < -0.39 is 0 Å². The summed E-state index contributed by atoms with van der Waals surface area (Å²) >= 11 is 0. The van der Waals surface area contributed by atoms with Gasteiger partial charge in [-0.3, -0.25) is 10.00 Å². The molecule has 2 fully saturated rings. The molecular formula is C19H24FN3O. The Bertz CT molecular complexity index is 683. The SMILES string of the molecule is CCC1(N2CCC(c3ccc(-c4cn[nH]c4)cc3F)CC2)COC1. The molecule has 1 N–H and O–H groups in total. The van der Waals surface area contributed by atoms with Crippen molar-refractivity contribution in [1.29, 1.82) is 0 Å². The smallest absolute Gasteiger partial charge is 0.127 e. The number of aromatic amines is 1. The van der Waals surface area contributed by atoms with Gasteiger partial charge in [0.2, 0.25) is 0 Å². The summed E-state index contributed by atoms with van der Waals surface area (Å²) in [5.41, 5.74) is 2.90. The molecule has 0 unspecified atom stereocenters. The molecular weight excluding hydrogens is 305 g/mol. The predicted octanol–water partition coefficient (Wildman–Crippen LogP) is 3.57. The lowest BCUT2D eigenvalue weighted by atomic mass is 9.84. The van der Waals surface area contributed by atoms with E-state index in [1.807, 2.05) is 12.1 Å². The molecule has 24 heavy (non-hydrogen) atoms. The molecule has 3 heterocycles. The van der Waals surface area contributed by atoms with Gasteiger partial charge in [0.05, 0.1) is 24.9 Å². The number of H-pyrrole nitrogens is 1. The van der Waals surface area contributed by atoms with Gasteiger partial charge in [0, 0.05) is 11.8 Å². The Balaban J connectivity index is 1.46. The number of nitrogens with zero attached hydrogens (tertiary/aromatic N) is 2. The van der Waals surface area contributed by atoms with E-state index in [0.29, 0.717) is 5.92 Å². The molecule has 2 aliphatic heterocycles. The zero-order chi connectivity index (χ0) is 16.6. The molecule has 0 spiro atoms. The van der Waals surface area contributed by atoms with Gasteiger partial charge in [0.25, 0.3) is 0 Å². The third-order valence-corrected chi connectivity index (χ3v) is 5.84. The van der Waals surface area contributed by atoms with Gasteiger partial charge in [0.1, 0.15) is 5.82 Å². The molecule has 0 bridgehead atoms. The van der Waals surface area contributed by atoms with Gasteiger partial charge in [-0.25, -0.2) is 4.39 Å². The summed E-state index contributed by atoms with van der Waals surface area (Å²) in [6.45, 7) is 6.00. The molecule has 128 valence electrons. The third kappa shape index (κ3) is 2.66. The van der Waals surface area contributed by atoms with Crippen molar-refractivity contribution in [3.63, 3.8) is 0 Å². The minimum Gasteiger partial charge on any atom is -0.377 e. The molecule has 5 heteroatoms. The fourth-order valence-electron chi connectivity index (χ4n) is 4.06. The molecule has 0 atom stereocenters. The number of halogens is 1. The van der Waals surface area contributed by atoms with Gasteiger partial charge in [-0.2, -0.15) is 5.10 Å². The van der Waals surface area contributed by atoms with E-state index in [1.54, 1.807) is 18.5 Å². The number of aromatic nitrogens is 2. The zero-order valence-electron chi connectivity index (χ0n) is 14.1. The maximum atomic E-state index is 14.6. The van der Waals surface area contributed by atoms with Crippen LogP contribution in [0, 0.1) is 5.82 Å². The van der Waals surface area contributed by atoms with Gasteiger partial charge >= 0.3 is 0 Å². The molecule has 2 saturated heterocycles. The number of likely N-dealkylation sites (tertiary alicyclic amines) is 1. The second-order valence-corrected chi connectivity index (χ2v) is 7.06. The first-order valence-electron chi connectivity index (χ1n) is 8.83. The fraction of sp³-hybridized carbons (Fsp3) is 0.526. The number of piperidine rings is 1. The van der Waals surface area contributed by atoms with Crippen LogP contribution in [0.4, 0.5) is 4.39 Å². The van der Waals surface area contributed by atoms with Crippen molar-refractivity contribution in [3.8, 4) is 11.1 Å². The Morgan fingerprint density at radius 1 is 1.29 bits per heavy atom. The van der Waals surface area contributed by atoms with Crippen LogP contribution in [-0.2, 0) is 4.74 Å². The average molecular weight is 329 g/mol. The molecule has 0 aliphatic carbocycles. The maximum absolute atomic E-state index is 14.6.